The Labute approximate surface area is 201 Å². The van der Waals surface area contributed by atoms with Crippen LogP contribution in [0, 0.1) is 0 Å². The molecule has 0 spiro atoms. The molecule has 2 nitrogen and oxygen atoms in total. The minimum atomic E-state index is -0.368. The van der Waals surface area contributed by atoms with Gasteiger partial charge in [-0.1, -0.05) is 110 Å². The van der Waals surface area contributed by atoms with E-state index in [0.29, 0.717) is 6.61 Å². The predicted molar refractivity (Wildman–Crippen MR) is 142 cm³/mol. The fourth-order valence-corrected chi connectivity index (χ4v) is 3.92. The van der Waals surface area contributed by atoms with Crippen molar-refractivity contribution in [3.63, 3.8) is 0 Å². The molecule has 168 valence electrons. The summed E-state index contributed by atoms with van der Waals surface area (Å²) >= 11 is 0. The van der Waals surface area contributed by atoms with Crippen LogP contribution in [0.1, 0.15) is 17.5 Å². The Morgan fingerprint density at radius 2 is 1.18 bits per heavy atom. The van der Waals surface area contributed by atoms with E-state index in [-0.39, 0.29) is 5.97 Å². The lowest BCUT2D eigenvalue weighted by Crippen LogP contribution is -2.02. The van der Waals surface area contributed by atoms with Crippen molar-refractivity contribution in [1.29, 1.82) is 0 Å². The lowest BCUT2D eigenvalue weighted by molar-refractivity contribution is -0.137. The van der Waals surface area contributed by atoms with Gasteiger partial charge in [0.25, 0.3) is 0 Å². The summed E-state index contributed by atoms with van der Waals surface area (Å²) in [7, 11) is 0. The molecule has 0 atom stereocenters. The van der Waals surface area contributed by atoms with E-state index in [2.05, 4.69) is 110 Å². The van der Waals surface area contributed by atoms with Gasteiger partial charge in [-0.05, 0) is 63.4 Å². The normalized spacial score (nSPS) is 10.5. The Bertz CT molecular complexity index is 1260. The van der Waals surface area contributed by atoms with Crippen LogP contribution in [0.2, 0.25) is 0 Å². The van der Waals surface area contributed by atoms with Crippen LogP contribution in [0.15, 0.2) is 116 Å². The van der Waals surface area contributed by atoms with E-state index >= 15 is 0 Å². The van der Waals surface area contributed by atoms with Gasteiger partial charge in [-0.15, -0.1) is 0 Å². The topological polar surface area (TPSA) is 26.3 Å². The standard InChI is InChI=1S/C32H28O2/c1-3-24-10-14-28(15-11-24)30-8-5-9-31(23-30)29-20-18-27(19-21-29)26-16-12-25(13-17-26)7-6-22-34-32(33)4-2/h3-5,8-21,23H,1-2,6-7,22H2. The number of hydrogen-bond acceptors (Lipinski definition) is 2. The lowest BCUT2D eigenvalue weighted by Gasteiger charge is -2.09. The summed E-state index contributed by atoms with van der Waals surface area (Å²) in [6, 6.07) is 34.4. The molecular formula is C32H28O2. The summed E-state index contributed by atoms with van der Waals surface area (Å²) < 4.78 is 5.03. The van der Waals surface area contributed by atoms with E-state index in [4.69, 9.17) is 4.74 Å². The highest BCUT2D eigenvalue weighted by atomic mass is 16.5. The molecule has 4 aromatic rings. The Kier molecular flexibility index (Phi) is 7.52. The summed E-state index contributed by atoms with van der Waals surface area (Å²) in [5, 5.41) is 0. The smallest absolute Gasteiger partial charge is 0.330 e. The zero-order valence-corrected chi connectivity index (χ0v) is 19.2. The third-order valence-electron chi connectivity index (χ3n) is 5.87. The first-order chi connectivity index (χ1) is 16.7. The molecule has 0 unspecified atom stereocenters. The molecule has 0 heterocycles. The van der Waals surface area contributed by atoms with Gasteiger partial charge in [0.15, 0.2) is 0 Å². The SMILES string of the molecule is C=CC(=O)OCCCc1ccc(-c2ccc(-c3cccc(-c4ccc(C=C)cc4)c3)cc2)cc1. The van der Waals surface area contributed by atoms with Crippen molar-refractivity contribution in [2.24, 2.45) is 0 Å². The minimum Gasteiger partial charge on any atom is -0.463 e. The number of carbonyl (C=O) groups excluding carboxylic acids is 1. The summed E-state index contributed by atoms with van der Waals surface area (Å²) in [5.41, 5.74) is 9.51. The van der Waals surface area contributed by atoms with Crippen LogP contribution in [-0.2, 0) is 16.0 Å². The van der Waals surface area contributed by atoms with E-state index in [1.807, 2.05) is 6.08 Å². The van der Waals surface area contributed by atoms with E-state index < -0.39 is 0 Å². The first-order valence-electron chi connectivity index (χ1n) is 11.5. The number of rotatable bonds is 9. The highest BCUT2D eigenvalue weighted by Crippen LogP contribution is 2.29. The zero-order chi connectivity index (χ0) is 23.8. The van der Waals surface area contributed by atoms with Gasteiger partial charge < -0.3 is 4.74 Å². The molecule has 0 N–H and O–H groups in total. The van der Waals surface area contributed by atoms with Gasteiger partial charge >= 0.3 is 5.97 Å². The van der Waals surface area contributed by atoms with Gasteiger partial charge in [0.2, 0.25) is 0 Å². The van der Waals surface area contributed by atoms with E-state index in [1.165, 1.54) is 45.0 Å². The first kappa shape index (κ1) is 23.0. The van der Waals surface area contributed by atoms with Crippen molar-refractivity contribution in [3.05, 3.63) is 127 Å². The molecule has 0 saturated carbocycles. The van der Waals surface area contributed by atoms with Crippen LogP contribution >= 0.6 is 0 Å². The van der Waals surface area contributed by atoms with Crippen molar-refractivity contribution in [2.75, 3.05) is 6.61 Å². The maximum absolute atomic E-state index is 11.1. The highest BCUT2D eigenvalue weighted by Gasteiger charge is 2.04. The third-order valence-corrected chi connectivity index (χ3v) is 5.87. The molecule has 0 radical (unpaired) electrons. The number of benzene rings is 4. The molecule has 0 fully saturated rings. The quantitative estimate of drug-likeness (QED) is 0.149. The number of hydrogen-bond donors (Lipinski definition) is 0. The average Bonchev–Trinajstić information content (AvgIpc) is 2.91. The summed E-state index contributed by atoms with van der Waals surface area (Å²) in [6.45, 7) is 7.64. The predicted octanol–water partition coefficient (Wildman–Crippen LogP) is 7.99. The molecule has 0 amide bonds. The molecule has 34 heavy (non-hydrogen) atoms. The van der Waals surface area contributed by atoms with E-state index in [9.17, 15) is 4.79 Å². The van der Waals surface area contributed by atoms with Crippen LogP contribution in [0.4, 0.5) is 0 Å². The fourth-order valence-electron chi connectivity index (χ4n) is 3.92. The molecule has 0 saturated heterocycles. The molecule has 0 aliphatic rings. The second-order valence-corrected chi connectivity index (χ2v) is 8.16. The number of aryl methyl sites for hydroxylation is 1. The monoisotopic (exact) mass is 444 g/mol. The van der Waals surface area contributed by atoms with Crippen molar-refractivity contribution >= 4 is 12.0 Å². The van der Waals surface area contributed by atoms with Crippen molar-refractivity contribution in [2.45, 2.75) is 12.8 Å². The van der Waals surface area contributed by atoms with Crippen LogP contribution < -0.4 is 0 Å². The third kappa shape index (κ3) is 5.79. The maximum atomic E-state index is 11.1. The van der Waals surface area contributed by atoms with Gasteiger partial charge in [0, 0.05) is 6.08 Å². The molecule has 0 aliphatic heterocycles. The largest absolute Gasteiger partial charge is 0.463 e. The van der Waals surface area contributed by atoms with Crippen molar-refractivity contribution < 1.29 is 9.53 Å². The Balaban J connectivity index is 1.42. The van der Waals surface area contributed by atoms with E-state index in [1.54, 1.807) is 0 Å². The van der Waals surface area contributed by atoms with Crippen LogP contribution in [0.5, 0.6) is 0 Å². The fraction of sp³-hybridized carbons (Fsp3) is 0.0938. The van der Waals surface area contributed by atoms with Crippen LogP contribution in [-0.4, -0.2) is 12.6 Å². The van der Waals surface area contributed by atoms with E-state index in [0.717, 1.165) is 18.4 Å². The second kappa shape index (κ2) is 11.1. The number of ether oxygens (including phenoxy) is 1. The summed E-state index contributed by atoms with van der Waals surface area (Å²) in [6.07, 6.45) is 4.72. The van der Waals surface area contributed by atoms with Crippen LogP contribution in [0.3, 0.4) is 0 Å². The summed E-state index contributed by atoms with van der Waals surface area (Å²) in [5.74, 6) is -0.368. The van der Waals surface area contributed by atoms with Gasteiger partial charge in [-0.3, -0.25) is 0 Å². The van der Waals surface area contributed by atoms with Gasteiger partial charge in [0.05, 0.1) is 6.61 Å². The lowest BCUT2D eigenvalue weighted by atomic mass is 9.96. The molecule has 0 aliphatic carbocycles. The minimum absolute atomic E-state index is 0.368. The molecule has 4 aromatic carbocycles. The molecule has 0 aromatic heterocycles. The van der Waals surface area contributed by atoms with Crippen molar-refractivity contribution in [3.8, 4) is 33.4 Å². The van der Waals surface area contributed by atoms with Crippen LogP contribution in [0.25, 0.3) is 39.5 Å². The van der Waals surface area contributed by atoms with Gasteiger partial charge in [-0.2, -0.15) is 0 Å². The Morgan fingerprint density at radius 3 is 1.71 bits per heavy atom. The first-order valence-corrected chi connectivity index (χ1v) is 11.5. The molecule has 2 heteroatoms. The highest BCUT2D eigenvalue weighted by molar-refractivity contribution is 5.81. The number of carbonyl (C=O) groups is 1. The Hall–Kier alpha value is -4.17. The van der Waals surface area contributed by atoms with Crippen molar-refractivity contribution in [1.82, 2.24) is 0 Å². The Morgan fingerprint density at radius 1 is 0.676 bits per heavy atom. The molecular weight excluding hydrogens is 416 g/mol. The zero-order valence-electron chi connectivity index (χ0n) is 19.2. The maximum Gasteiger partial charge on any atom is 0.330 e. The van der Waals surface area contributed by atoms with Gasteiger partial charge in [0.1, 0.15) is 0 Å². The number of esters is 1. The average molecular weight is 445 g/mol. The summed E-state index contributed by atoms with van der Waals surface area (Å²) in [4.78, 5) is 11.1. The molecule has 0 bridgehead atoms. The molecule has 4 rings (SSSR count). The second-order valence-electron chi connectivity index (χ2n) is 8.16. The van der Waals surface area contributed by atoms with Gasteiger partial charge in [-0.25, -0.2) is 4.79 Å².